The van der Waals surface area contributed by atoms with Crippen LogP contribution in [0.4, 0.5) is 17.1 Å². The van der Waals surface area contributed by atoms with E-state index in [1.54, 1.807) is 12.1 Å². The lowest BCUT2D eigenvalue weighted by Gasteiger charge is -2.33. The largest absolute Gasteiger partial charge is 0.452 e. The number of carbonyl (C=O) groups is 3. The van der Waals surface area contributed by atoms with Gasteiger partial charge in [0.25, 0.3) is 5.91 Å². The fraction of sp³-hybridized carbons (Fsp3) is 0.375. The summed E-state index contributed by atoms with van der Waals surface area (Å²) in [5.74, 6) is -1.05. The first-order chi connectivity index (χ1) is 15.0. The smallest absolute Gasteiger partial charge is 0.338 e. The summed E-state index contributed by atoms with van der Waals surface area (Å²) in [6.45, 7) is 2.60. The number of carbonyl (C=O) groups excluding carboxylic acids is 3. The lowest BCUT2D eigenvalue weighted by molar-refractivity contribution is -0.119. The van der Waals surface area contributed by atoms with Gasteiger partial charge in [0.2, 0.25) is 5.91 Å². The molecule has 0 spiro atoms. The summed E-state index contributed by atoms with van der Waals surface area (Å²) in [6.07, 6.45) is 5.09. The number of benzene rings is 2. The maximum atomic E-state index is 12.4. The Morgan fingerprint density at radius 3 is 2.77 bits per heavy atom. The van der Waals surface area contributed by atoms with Gasteiger partial charge in [0.15, 0.2) is 6.61 Å². The summed E-state index contributed by atoms with van der Waals surface area (Å²) < 4.78 is 5.17. The van der Waals surface area contributed by atoms with Crippen molar-refractivity contribution < 1.29 is 19.1 Å². The van der Waals surface area contributed by atoms with E-state index in [4.69, 9.17) is 4.74 Å². The number of nitrogens with one attached hydrogen (secondary N) is 2. The van der Waals surface area contributed by atoms with Crippen molar-refractivity contribution in [3.05, 3.63) is 53.6 Å². The second-order valence-corrected chi connectivity index (χ2v) is 8.00. The number of esters is 1. The van der Waals surface area contributed by atoms with Gasteiger partial charge in [-0.05, 0) is 61.6 Å². The van der Waals surface area contributed by atoms with E-state index in [1.807, 2.05) is 30.3 Å². The molecule has 2 aromatic rings. The molecule has 2 heterocycles. The molecule has 2 aliphatic rings. The van der Waals surface area contributed by atoms with Crippen molar-refractivity contribution in [1.29, 1.82) is 0 Å². The minimum atomic E-state index is -0.606. The number of aryl methyl sites for hydroxylation is 1. The van der Waals surface area contributed by atoms with Gasteiger partial charge in [-0.15, -0.1) is 0 Å². The molecule has 1 atom stereocenters. The molecule has 0 aromatic heterocycles. The Kier molecular flexibility index (Phi) is 6.21. The van der Waals surface area contributed by atoms with Crippen LogP contribution in [0.25, 0.3) is 0 Å². The molecular weight excluding hydrogens is 394 g/mol. The first-order valence-electron chi connectivity index (χ1n) is 10.8. The van der Waals surface area contributed by atoms with Gasteiger partial charge in [-0.1, -0.05) is 25.5 Å². The van der Waals surface area contributed by atoms with Gasteiger partial charge in [0, 0.05) is 12.2 Å². The van der Waals surface area contributed by atoms with Gasteiger partial charge in [0.1, 0.15) is 6.04 Å². The monoisotopic (exact) mass is 421 g/mol. The van der Waals surface area contributed by atoms with Crippen LogP contribution >= 0.6 is 0 Å². The maximum Gasteiger partial charge on any atom is 0.338 e. The van der Waals surface area contributed by atoms with Gasteiger partial charge in [0.05, 0.1) is 16.9 Å². The van der Waals surface area contributed by atoms with E-state index in [0.29, 0.717) is 16.9 Å². The van der Waals surface area contributed by atoms with E-state index in [-0.39, 0.29) is 18.6 Å². The molecular formula is C24H27N3O4. The number of ether oxygens (including phenoxy) is 1. The third-order valence-electron chi connectivity index (χ3n) is 5.75. The third-order valence-corrected chi connectivity index (χ3v) is 5.75. The van der Waals surface area contributed by atoms with Gasteiger partial charge in [-0.2, -0.15) is 0 Å². The highest BCUT2D eigenvalue weighted by Crippen LogP contribution is 2.37. The molecule has 0 aliphatic carbocycles. The van der Waals surface area contributed by atoms with Crippen molar-refractivity contribution in [2.24, 2.45) is 0 Å². The Balaban J connectivity index is 1.32. The van der Waals surface area contributed by atoms with Crippen LogP contribution < -0.4 is 15.5 Å². The van der Waals surface area contributed by atoms with Crippen molar-refractivity contribution in [3.8, 4) is 0 Å². The van der Waals surface area contributed by atoms with Crippen LogP contribution in [0.15, 0.2) is 42.5 Å². The second kappa shape index (κ2) is 9.20. The summed E-state index contributed by atoms with van der Waals surface area (Å²) in [6, 6.07) is 12.6. The highest BCUT2D eigenvalue weighted by Gasteiger charge is 2.36. The zero-order chi connectivity index (χ0) is 21.8. The topological polar surface area (TPSA) is 87.7 Å². The number of rotatable bonds is 7. The van der Waals surface area contributed by atoms with Crippen LogP contribution in [0.3, 0.4) is 0 Å². The number of amides is 2. The van der Waals surface area contributed by atoms with Crippen LogP contribution in [0.1, 0.15) is 48.5 Å². The van der Waals surface area contributed by atoms with Gasteiger partial charge >= 0.3 is 5.97 Å². The molecule has 0 radical (unpaired) electrons. The Hall–Kier alpha value is -3.35. The molecule has 0 bridgehead atoms. The quantitative estimate of drug-likeness (QED) is 0.665. The molecule has 0 unspecified atom stereocenters. The fourth-order valence-electron chi connectivity index (χ4n) is 4.10. The maximum absolute atomic E-state index is 12.4. The normalized spacial score (nSPS) is 16.9. The molecule has 7 heteroatoms. The Labute approximate surface area is 181 Å². The number of hydrogen-bond acceptors (Lipinski definition) is 5. The van der Waals surface area contributed by atoms with Crippen LogP contribution in [-0.2, 0) is 20.7 Å². The van der Waals surface area contributed by atoms with Gasteiger partial charge < -0.3 is 20.3 Å². The molecule has 2 amide bonds. The Morgan fingerprint density at radius 1 is 1.19 bits per heavy atom. The first-order valence-corrected chi connectivity index (χ1v) is 10.8. The van der Waals surface area contributed by atoms with Gasteiger partial charge in [-0.3, -0.25) is 9.59 Å². The average molecular weight is 421 g/mol. The van der Waals surface area contributed by atoms with Crippen molar-refractivity contribution in [2.45, 2.75) is 45.1 Å². The van der Waals surface area contributed by atoms with Crippen molar-refractivity contribution in [1.82, 2.24) is 0 Å². The third kappa shape index (κ3) is 4.71. The van der Waals surface area contributed by atoms with Crippen LogP contribution in [0.5, 0.6) is 0 Å². The van der Waals surface area contributed by atoms with Crippen molar-refractivity contribution >= 4 is 34.8 Å². The van der Waals surface area contributed by atoms with Gasteiger partial charge in [-0.25, -0.2) is 4.79 Å². The molecule has 2 N–H and O–H groups in total. The molecule has 1 fully saturated rings. The van der Waals surface area contributed by atoms with Crippen LogP contribution in [0.2, 0.25) is 0 Å². The summed E-state index contributed by atoms with van der Waals surface area (Å²) in [4.78, 5) is 38.9. The van der Waals surface area contributed by atoms with E-state index in [1.165, 1.54) is 5.56 Å². The number of unbranched alkanes of at least 4 members (excludes halogenated alkanes) is 1. The van der Waals surface area contributed by atoms with E-state index in [0.717, 1.165) is 44.3 Å². The minimum absolute atomic E-state index is 0.0457. The molecule has 4 rings (SSSR count). The molecule has 2 aromatic carbocycles. The van der Waals surface area contributed by atoms with E-state index in [9.17, 15) is 14.4 Å². The molecule has 1 saturated heterocycles. The lowest BCUT2D eigenvalue weighted by Crippen LogP contribution is -2.43. The average Bonchev–Trinajstić information content (AvgIpc) is 3.28. The number of fused-ring (bicyclic) bond motifs is 3. The SMILES string of the molecule is CCCCc1ccc(NC(=O)COC(=O)c2ccc3c(c2)NC(=O)[C@H]2CCCN32)cc1. The molecule has 2 aliphatic heterocycles. The zero-order valence-electron chi connectivity index (χ0n) is 17.6. The summed E-state index contributed by atoms with van der Waals surface area (Å²) in [7, 11) is 0. The molecule has 162 valence electrons. The Morgan fingerprint density at radius 2 is 2.00 bits per heavy atom. The number of anilines is 3. The highest BCUT2D eigenvalue weighted by atomic mass is 16.5. The van der Waals surface area contributed by atoms with Crippen molar-refractivity contribution in [3.63, 3.8) is 0 Å². The van der Waals surface area contributed by atoms with E-state index < -0.39 is 11.9 Å². The summed E-state index contributed by atoms with van der Waals surface area (Å²) >= 11 is 0. The predicted molar refractivity (Wildman–Crippen MR) is 119 cm³/mol. The number of nitrogens with zero attached hydrogens (tertiary/aromatic N) is 1. The molecule has 0 saturated carbocycles. The lowest BCUT2D eigenvalue weighted by atomic mass is 10.1. The number of hydrogen-bond donors (Lipinski definition) is 2. The Bertz CT molecular complexity index is 987. The van der Waals surface area contributed by atoms with E-state index >= 15 is 0 Å². The second-order valence-electron chi connectivity index (χ2n) is 8.00. The molecule has 31 heavy (non-hydrogen) atoms. The molecule has 7 nitrogen and oxygen atoms in total. The minimum Gasteiger partial charge on any atom is -0.452 e. The van der Waals surface area contributed by atoms with Crippen LogP contribution in [-0.4, -0.2) is 37.0 Å². The standard InChI is InChI=1S/C24H27N3O4/c1-2-3-5-16-7-10-18(11-8-16)25-22(28)15-31-24(30)17-9-12-20-19(14-17)26-23(29)21-6-4-13-27(20)21/h7-12,14,21H,2-6,13,15H2,1H3,(H,25,28)(H,26,29)/t21-/m1/s1. The first kappa shape index (κ1) is 20.9. The highest BCUT2D eigenvalue weighted by molar-refractivity contribution is 6.05. The summed E-state index contributed by atoms with van der Waals surface area (Å²) in [5, 5.41) is 5.61. The summed E-state index contributed by atoms with van der Waals surface area (Å²) in [5.41, 5.74) is 3.71. The van der Waals surface area contributed by atoms with Crippen molar-refractivity contribution in [2.75, 3.05) is 28.7 Å². The van der Waals surface area contributed by atoms with E-state index in [2.05, 4.69) is 22.5 Å². The fourth-order valence-corrected chi connectivity index (χ4v) is 4.10. The zero-order valence-corrected chi connectivity index (χ0v) is 17.6. The predicted octanol–water partition coefficient (Wildman–Crippen LogP) is 3.75. The van der Waals surface area contributed by atoms with Crippen LogP contribution in [0, 0.1) is 0 Å².